The van der Waals surface area contributed by atoms with E-state index < -0.39 is 5.54 Å². The molecule has 1 fully saturated rings. The summed E-state index contributed by atoms with van der Waals surface area (Å²) in [5.41, 5.74) is 1.88. The molecule has 1 aromatic carbocycles. The predicted octanol–water partition coefficient (Wildman–Crippen LogP) is 2.34. The number of carbonyl (C=O) groups excluding carboxylic acids is 1. The Hall–Kier alpha value is -1.10. The van der Waals surface area contributed by atoms with Gasteiger partial charge in [0.15, 0.2) is 0 Å². The van der Waals surface area contributed by atoms with Crippen LogP contribution in [0.15, 0.2) is 18.2 Å². The lowest BCUT2D eigenvalue weighted by Gasteiger charge is -2.43. The summed E-state index contributed by atoms with van der Waals surface area (Å²) in [6.07, 6.45) is 0.833. The molecule has 2 aliphatic rings. The Bertz CT molecular complexity index is 568. The molecule has 0 bridgehead atoms. The molecule has 0 saturated carbocycles. The maximum atomic E-state index is 13.0. The minimum Gasteiger partial charge on any atom is -0.379 e. The zero-order valence-corrected chi connectivity index (χ0v) is 14.0. The van der Waals surface area contributed by atoms with Crippen LogP contribution < -0.4 is 0 Å². The number of rotatable bonds is 2. The van der Waals surface area contributed by atoms with E-state index in [1.807, 2.05) is 30.9 Å². The monoisotopic (exact) mass is 322 g/mol. The molecule has 0 radical (unpaired) electrons. The van der Waals surface area contributed by atoms with Crippen LogP contribution in [0.5, 0.6) is 0 Å². The van der Waals surface area contributed by atoms with E-state index >= 15 is 0 Å². The predicted molar refractivity (Wildman–Crippen MR) is 87.0 cm³/mol. The van der Waals surface area contributed by atoms with Crippen molar-refractivity contribution in [3.05, 3.63) is 34.3 Å². The number of halogens is 1. The summed E-state index contributed by atoms with van der Waals surface area (Å²) in [7, 11) is 0. The van der Waals surface area contributed by atoms with Crippen molar-refractivity contribution < 1.29 is 9.53 Å². The molecule has 1 aromatic rings. The standard InChI is InChI=1S/C17H23ClN2O2/c1-17(2,20-8-10-22-11-9-20)16(21)19-7-6-14-13(12-19)4-3-5-15(14)18/h3-5H,6-12H2,1-2H3. The van der Waals surface area contributed by atoms with Gasteiger partial charge in [0.1, 0.15) is 0 Å². The van der Waals surface area contributed by atoms with Crippen LogP contribution in [0.1, 0.15) is 25.0 Å². The summed E-state index contributed by atoms with van der Waals surface area (Å²) in [6.45, 7) is 8.47. The number of benzene rings is 1. The summed E-state index contributed by atoms with van der Waals surface area (Å²) in [5.74, 6) is 0.194. The highest BCUT2D eigenvalue weighted by atomic mass is 35.5. The van der Waals surface area contributed by atoms with E-state index in [4.69, 9.17) is 16.3 Å². The van der Waals surface area contributed by atoms with Gasteiger partial charge in [-0.1, -0.05) is 23.7 Å². The summed E-state index contributed by atoms with van der Waals surface area (Å²) in [4.78, 5) is 17.2. The molecule has 0 aromatic heterocycles. The molecule has 2 heterocycles. The van der Waals surface area contributed by atoms with Crippen molar-refractivity contribution in [1.29, 1.82) is 0 Å². The Morgan fingerprint density at radius 2 is 1.95 bits per heavy atom. The minimum atomic E-state index is -0.486. The molecule has 4 nitrogen and oxygen atoms in total. The maximum Gasteiger partial charge on any atom is 0.242 e. The molecule has 1 amide bonds. The molecule has 0 spiro atoms. The van der Waals surface area contributed by atoms with Crippen molar-refractivity contribution >= 4 is 17.5 Å². The van der Waals surface area contributed by atoms with Crippen molar-refractivity contribution in [1.82, 2.24) is 9.80 Å². The fourth-order valence-corrected chi connectivity index (χ4v) is 3.67. The lowest BCUT2D eigenvalue weighted by atomic mass is 9.95. The maximum absolute atomic E-state index is 13.0. The number of hydrogen-bond donors (Lipinski definition) is 0. The SMILES string of the molecule is CC(C)(C(=O)N1CCc2c(Cl)cccc2C1)N1CCOCC1. The molecule has 2 aliphatic heterocycles. The van der Waals surface area contributed by atoms with Gasteiger partial charge in [-0.15, -0.1) is 0 Å². The Labute approximate surface area is 137 Å². The van der Waals surface area contributed by atoms with Gasteiger partial charge in [0.05, 0.1) is 18.8 Å². The van der Waals surface area contributed by atoms with Gasteiger partial charge in [-0.3, -0.25) is 9.69 Å². The molecular formula is C17H23ClN2O2. The van der Waals surface area contributed by atoms with Crippen LogP contribution in [0, 0.1) is 0 Å². The Morgan fingerprint density at radius 3 is 2.68 bits per heavy atom. The van der Waals surface area contributed by atoms with Crippen LogP contribution in [0.2, 0.25) is 5.02 Å². The highest BCUT2D eigenvalue weighted by Crippen LogP contribution is 2.28. The number of carbonyl (C=O) groups is 1. The molecule has 0 atom stereocenters. The highest BCUT2D eigenvalue weighted by molar-refractivity contribution is 6.31. The van der Waals surface area contributed by atoms with Crippen LogP contribution in [-0.2, 0) is 22.5 Å². The molecule has 3 rings (SSSR count). The minimum absolute atomic E-state index is 0.194. The average Bonchev–Trinajstić information content (AvgIpc) is 2.55. The van der Waals surface area contributed by atoms with Crippen molar-refractivity contribution in [3.8, 4) is 0 Å². The first kappa shape index (κ1) is 15.8. The Morgan fingerprint density at radius 1 is 1.23 bits per heavy atom. The first-order valence-corrected chi connectivity index (χ1v) is 8.26. The number of amides is 1. The van der Waals surface area contributed by atoms with Crippen molar-refractivity contribution in [2.24, 2.45) is 0 Å². The Balaban J connectivity index is 1.75. The van der Waals surface area contributed by atoms with Crippen LogP contribution in [0.3, 0.4) is 0 Å². The summed E-state index contributed by atoms with van der Waals surface area (Å²) in [5, 5.41) is 0.817. The largest absolute Gasteiger partial charge is 0.379 e. The van der Waals surface area contributed by atoms with Crippen molar-refractivity contribution in [2.45, 2.75) is 32.4 Å². The number of ether oxygens (including phenoxy) is 1. The molecular weight excluding hydrogens is 300 g/mol. The molecule has 1 saturated heterocycles. The third kappa shape index (κ3) is 2.87. The van der Waals surface area contributed by atoms with Crippen LogP contribution >= 0.6 is 11.6 Å². The van der Waals surface area contributed by atoms with Gasteiger partial charge < -0.3 is 9.64 Å². The van der Waals surface area contributed by atoms with Crippen LogP contribution in [-0.4, -0.2) is 54.1 Å². The van der Waals surface area contributed by atoms with E-state index in [1.54, 1.807) is 0 Å². The van der Waals surface area contributed by atoms with E-state index in [9.17, 15) is 4.79 Å². The first-order valence-electron chi connectivity index (χ1n) is 7.88. The van der Waals surface area contributed by atoms with E-state index in [-0.39, 0.29) is 5.91 Å². The Kier molecular flexibility index (Phi) is 4.44. The number of hydrogen-bond acceptors (Lipinski definition) is 3. The number of morpholine rings is 1. The zero-order valence-electron chi connectivity index (χ0n) is 13.3. The normalized spacial score (nSPS) is 19.9. The zero-order chi connectivity index (χ0) is 15.7. The first-order chi connectivity index (χ1) is 10.5. The third-order valence-corrected chi connectivity index (χ3v) is 5.18. The van der Waals surface area contributed by atoms with Crippen LogP contribution in [0.25, 0.3) is 0 Å². The molecule has 120 valence electrons. The van der Waals surface area contributed by atoms with Gasteiger partial charge in [0, 0.05) is 31.2 Å². The second-order valence-corrected chi connectivity index (χ2v) is 6.92. The quantitative estimate of drug-likeness (QED) is 0.838. The van der Waals surface area contributed by atoms with Gasteiger partial charge in [-0.05, 0) is 37.5 Å². The van der Waals surface area contributed by atoms with Crippen molar-refractivity contribution in [2.75, 3.05) is 32.8 Å². The van der Waals surface area contributed by atoms with E-state index in [0.29, 0.717) is 19.8 Å². The van der Waals surface area contributed by atoms with Gasteiger partial charge in [-0.2, -0.15) is 0 Å². The number of nitrogens with zero attached hydrogens (tertiary/aromatic N) is 2. The molecule has 5 heteroatoms. The summed E-state index contributed by atoms with van der Waals surface area (Å²) in [6, 6.07) is 5.96. The van der Waals surface area contributed by atoms with Gasteiger partial charge in [0.25, 0.3) is 0 Å². The summed E-state index contributed by atoms with van der Waals surface area (Å²) < 4.78 is 5.40. The second-order valence-electron chi connectivity index (χ2n) is 6.51. The van der Waals surface area contributed by atoms with E-state index in [0.717, 1.165) is 31.1 Å². The van der Waals surface area contributed by atoms with Gasteiger partial charge >= 0.3 is 0 Å². The van der Waals surface area contributed by atoms with E-state index in [1.165, 1.54) is 11.1 Å². The molecule has 0 unspecified atom stereocenters. The molecule has 22 heavy (non-hydrogen) atoms. The van der Waals surface area contributed by atoms with Gasteiger partial charge in [-0.25, -0.2) is 0 Å². The lowest BCUT2D eigenvalue weighted by Crippen LogP contribution is -2.59. The van der Waals surface area contributed by atoms with Crippen LogP contribution in [0.4, 0.5) is 0 Å². The topological polar surface area (TPSA) is 32.8 Å². The third-order valence-electron chi connectivity index (χ3n) is 4.82. The number of fused-ring (bicyclic) bond motifs is 1. The molecule has 0 aliphatic carbocycles. The second kappa shape index (κ2) is 6.19. The smallest absolute Gasteiger partial charge is 0.242 e. The average molecular weight is 323 g/mol. The fraction of sp³-hybridized carbons (Fsp3) is 0.588. The summed E-state index contributed by atoms with van der Waals surface area (Å²) >= 11 is 6.26. The highest BCUT2D eigenvalue weighted by Gasteiger charge is 2.39. The fourth-order valence-electron chi connectivity index (χ4n) is 3.38. The molecule has 0 N–H and O–H groups in total. The van der Waals surface area contributed by atoms with Gasteiger partial charge in [0.2, 0.25) is 5.91 Å². The van der Waals surface area contributed by atoms with Crippen molar-refractivity contribution in [3.63, 3.8) is 0 Å². The van der Waals surface area contributed by atoms with E-state index in [2.05, 4.69) is 11.0 Å². The lowest BCUT2D eigenvalue weighted by molar-refractivity contribution is -0.146.